The Hall–Kier alpha value is -2.78. The number of nitrogens with zero attached hydrogens (tertiary/aromatic N) is 1. The number of alkyl halides is 3. The molecule has 10 heteroatoms. The lowest BCUT2D eigenvalue weighted by molar-refractivity contribution is -0.205. The van der Waals surface area contributed by atoms with Crippen molar-refractivity contribution in [2.24, 2.45) is 0 Å². The average Bonchev–Trinajstić information content (AvgIpc) is 2.42. The first kappa shape index (κ1) is 16.6. The van der Waals surface area contributed by atoms with Crippen LogP contribution in [0.15, 0.2) is 24.3 Å². The summed E-state index contributed by atoms with van der Waals surface area (Å²) in [7, 11) is 0. The molecule has 1 aromatic carbocycles. The minimum Gasteiger partial charge on any atom is -0.408 e. The van der Waals surface area contributed by atoms with Crippen molar-refractivity contribution in [2.75, 3.05) is 13.1 Å². The van der Waals surface area contributed by atoms with Crippen LogP contribution in [0.3, 0.4) is 0 Å². The van der Waals surface area contributed by atoms with Crippen LogP contribution in [0.25, 0.3) is 0 Å². The predicted molar refractivity (Wildman–Crippen MR) is 68.3 cm³/mol. The van der Waals surface area contributed by atoms with Gasteiger partial charge in [0.05, 0.1) is 0 Å². The molecule has 23 heavy (non-hydrogen) atoms. The fourth-order valence-electron chi connectivity index (χ4n) is 1.67. The predicted octanol–water partition coefficient (Wildman–Crippen LogP) is 1.64. The number of amides is 2. The Labute approximate surface area is 127 Å². The average molecular weight is 332 g/mol. The van der Waals surface area contributed by atoms with Gasteiger partial charge in [-0.15, -0.1) is 5.48 Å². The van der Waals surface area contributed by atoms with E-state index in [4.69, 9.17) is 0 Å². The van der Waals surface area contributed by atoms with Crippen molar-refractivity contribution in [1.82, 2.24) is 10.4 Å². The van der Waals surface area contributed by atoms with Crippen molar-refractivity contribution >= 4 is 18.0 Å². The summed E-state index contributed by atoms with van der Waals surface area (Å²) < 4.78 is 40.3. The highest BCUT2D eigenvalue weighted by Gasteiger charge is 2.42. The molecule has 1 aromatic rings. The number of hydrogen-bond donors (Lipinski definition) is 1. The van der Waals surface area contributed by atoms with Gasteiger partial charge in [0.2, 0.25) is 0 Å². The van der Waals surface area contributed by atoms with Crippen LogP contribution in [-0.2, 0) is 9.63 Å². The first-order valence-electron chi connectivity index (χ1n) is 6.42. The van der Waals surface area contributed by atoms with Crippen LogP contribution in [0.1, 0.15) is 16.8 Å². The third-order valence-corrected chi connectivity index (χ3v) is 2.89. The molecular weight excluding hydrogens is 321 g/mol. The minimum atomic E-state index is -5.24. The van der Waals surface area contributed by atoms with E-state index in [-0.39, 0.29) is 17.2 Å². The lowest BCUT2D eigenvalue weighted by atomic mass is 10.1. The van der Waals surface area contributed by atoms with E-state index in [0.717, 1.165) is 6.42 Å². The zero-order chi connectivity index (χ0) is 17.0. The van der Waals surface area contributed by atoms with E-state index in [1.165, 1.54) is 29.7 Å². The van der Waals surface area contributed by atoms with Gasteiger partial charge in [0.25, 0.3) is 5.91 Å². The standard InChI is InChI=1S/C13H11F3N2O5/c14-13(15,16)11(20)23-17-12(21)22-9-4-1-3-8(7-9)10(19)18-5-2-6-18/h1,3-4,7H,2,5-6H2,(H,17,21). The Morgan fingerprint density at radius 2 is 1.87 bits per heavy atom. The number of carbonyl (C=O) groups excluding carboxylic acids is 3. The van der Waals surface area contributed by atoms with Crippen LogP contribution >= 0.6 is 0 Å². The second-order valence-corrected chi connectivity index (χ2v) is 4.55. The number of ether oxygens (including phenoxy) is 1. The van der Waals surface area contributed by atoms with E-state index in [1.807, 2.05) is 0 Å². The van der Waals surface area contributed by atoms with Crippen molar-refractivity contribution in [3.8, 4) is 5.75 Å². The van der Waals surface area contributed by atoms with Gasteiger partial charge in [-0.25, -0.2) is 9.59 Å². The number of hydroxylamine groups is 1. The lowest BCUT2D eigenvalue weighted by Crippen LogP contribution is -2.42. The van der Waals surface area contributed by atoms with Crippen LogP contribution in [0.5, 0.6) is 5.75 Å². The maximum atomic E-state index is 12.0. The van der Waals surface area contributed by atoms with Crippen LogP contribution in [0.4, 0.5) is 18.0 Å². The van der Waals surface area contributed by atoms with E-state index < -0.39 is 18.2 Å². The summed E-state index contributed by atoms with van der Waals surface area (Å²) in [4.78, 5) is 38.7. The third kappa shape index (κ3) is 4.34. The minimum absolute atomic E-state index is 0.0862. The number of hydrogen-bond acceptors (Lipinski definition) is 5. The van der Waals surface area contributed by atoms with E-state index in [0.29, 0.717) is 13.1 Å². The molecule has 0 spiro atoms. The van der Waals surface area contributed by atoms with Crippen molar-refractivity contribution in [3.63, 3.8) is 0 Å². The molecule has 1 aliphatic heterocycles. The van der Waals surface area contributed by atoms with Gasteiger partial charge >= 0.3 is 18.2 Å². The van der Waals surface area contributed by atoms with E-state index >= 15 is 0 Å². The van der Waals surface area contributed by atoms with Gasteiger partial charge in [0, 0.05) is 18.7 Å². The quantitative estimate of drug-likeness (QED) is 0.832. The highest BCUT2D eigenvalue weighted by molar-refractivity contribution is 5.95. The molecule has 0 aromatic heterocycles. The molecule has 0 aliphatic carbocycles. The van der Waals surface area contributed by atoms with Gasteiger partial charge in [0.15, 0.2) is 0 Å². The molecule has 1 saturated heterocycles. The van der Waals surface area contributed by atoms with E-state index in [2.05, 4.69) is 9.57 Å². The molecule has 0 saturated carbocycles. The number of benzene rings is 1. The normalized spacial score (nSPS) is 13.8. The van der Waals surface area contributed by atoms with Crippen molar-refractivity contribution in [1.29, 1.82) is 0 Å². The molecule has 1 heterocycles. The SMILES string of the molecule is O=C(NOC(=O)C(F)(F)F)Oc1cccc(C(=O)N2CCC2)c1. The smallest absolute Gasteiger partial charge is 0.408 e. The van der Waals surface area contributed by atoms with E-state index in [9.17, 15) is 27.6 Å². The fourth-order valence-corrected chi connectivity index (χ4v) is 1.67. The number of halogens is 3. The fraction of sp³-hybridized carbons (Fsp3) is 0.308. The maximum absolute atomic E-state index is 12.0. The number of nitrogens with one attached hydrogen (secondary N) is 1. The summed E-state index contributed by atoms with van der Waals surface area (Å²) in [6.45, 7) is 1.27. The van der Waals surface area contributed by atoms with E-state index in [1.54, 1.807) is 4.90 Å². The number of likely N-dealkylation sites (tertiary alicyclic amines) is 1. The third-order valence-electron chi connectivity index (χ3n) is 2.89. The molecule has 1 aliphatic rings. The molecule has 0 atom stereocenters. The topological polar surface area (TPSA) is 84.9 Å². The van der Waals surface area contributed by atoms with Gasteiger partial charge in [-0.1, -0.05) is 6.07 Å². The summed E-state index contributed by atoms with van der Waals surface area (Å²) in [6, 6.07) is 5.52. The molecular formula is C13H11F3N2O5. The lowest BCUT2D eigenvalue weighted by Gasteiger charge is -2.30. The number of rotatable bonds is 2. The second-order valence-electron chi connectivity index (χ2n) is 4.55. The van der Waals surface area contributed by atoms with Crippen LogP contribution < -0.4 is 10.2 Å². The zero-order valence-corrected chi connectivity index (χ0v) is 11.6. The largest absolute Gasteiger partial charge is 0.493 e. The van der Waals surface area contributed by atoms with Crippen LogP contribution in [0.2, 0.25) is 0 Å². The number of carbonyl (C=O) groups is 3. The van der Waals surface area contributed by atoms with Gasteiger partial charge in [-0.05, 0) is 24.6 Å². The summed E-state index contributed by atoms with van der Waals surface area (Å²) in [5, 5.41) is 0. The Bertz CT molecular complexity index is 628. The van der Waals surface area contributed by atoms with Gasteiger partial charge in [-0.2, -0.15) is 13.2 Å². The molecule has 2 rings (SSSR count). The molecule has 124 valence electrons. The van der Waals surface area contributed by atoms with Crippen molar-refractivity contribution < 1.29 is 37.1 Å². The summed E-state index contributed by atoms with van der Waals surface area (Å²) in [5.74, 6) is -2.92. The monoisotopic (exact) mass is 332 g/mol. The molecule has 0 radical (unpaired) electrons. The molecule has 1 N–H and O–H groups in total. The molecule has 0 unspecified atom stereocenters. The van der Waals surface area contributed by atoms with Gasteiger partial charge in [0.1, 0.15) is 5.75 Å². The second kappa shape index (κ2) is 6.55. The first-order valence-corrected chi connectivity index (χ1v) is 6.42. The summed E-state index contributed by atoms with van der Waals surface area (Å²) in [5.41, 5.74) is 1.47. The summed E-state index contributed by atoms with van der Waals surface area (Å²) >= 11 is 0. The Balaban J connectivity index is 1.91. The van der Waals surface area contributed by atoms with Crippen LogP contribution in [-0.4, -0.2) is 42.1 Å². The Kier molecular flexibility index (Phi) is 4.72. The van der Waals surface area contributed by atoms with Gasteiger partial charge in [-0.3, -0.25) is 4.79 Å². The maximum Gasteiger partial charge on any atom is 0.493 e. The first-order chi connectivity index (χ1) is 10.8. The highest BCUT2D eigenvalue weighted by Crippen LogP contribution is 2.18. The van der Waals surface area contributed by atoms with Crippen LogP contribution in [0, 0.1) is 0 Å². The molecule has 2 amide bonds. The highest BCUT2D eigenvalue weighted by atomic mass is 19.4. The molecule has 1 fully saturated rings. The van der Waals surface area contributed by atoms with Crippen molar-refractivity contribution in [3.05, 3.63) is 29.8 Å². The van der Waals surface area contributed by atoms with Crippen molar-refractivity contribution in [2.45, 2.75) is 12.6 Å². The Morgan fingerprint density at radius 1 is 1.17 bits per heavy atom. The van der Waals surface area contributed by atoms with Gasteiger partial charge < -0.3 is 14.5 Å². The molecule has 0 bridgehead atoms. The molecule has 7 nitrogen and oxygen atoms in total. The Morgan fingerprint density at radius 3 is 2.43 bits per heavy atom. The summed E-state index contributed by atoms with van der Waals surface area (Å²) in [6.07, 6.45) is -5.76. The zero-order valence-electron chi connectivity index (χ0n) is 11.6.